The number of methoxy groups -OCH3 is 2. The van der Waals surface area contributed by atoms with Crippen LogP contribution in [0.4, 0.5) is 0 Å². The molecule has 7 heteroatoms. The Hall–Kier alpha value is -2.25. The summed E-state index contributed by atoms with van der Waals surface area (Å²) in [4.78, 5) is 16.4. The summed E-state index contributed by atoms with van der Waals surface area (Å²) in [5, 5.41) is 13.7. The number of ether oxygens (including phenoxy) is 2. The SMILES string of the molecule is COc1ccc(C(O)CNC(=O)c2cccnc2SC)cc1OC. The largest absolute Gasteiger partial charge is 0.493 e. The van der Waals surface area contributed by atoms with E-state index in [1.165, 1.54) is 18.9 Å². The number of nitrogens with zero attached hydrogens (tertiary/aromatic N) is 1. The first-order valence-corrected chi connectivity index (χ1v) is 8.50. The van der Waals surface area contributed by atoms with Crippen molar-refractivity contribution in [2.24, 2.45) is 0 Å². The summed E-state index contributed by atoms with van der Waals surface area (Å²) in [7, 11) is 3.08. The number of carbonyl (C=O) groups is 1. The van der Waals surface area contributed by atoms with Crippen molar-refractivity contribution in [1.29, 1.82) is 0 Å². The molecule has 0 fully saturated rings. The van der Waals surface area contributed by atoms with Gasteiger partial charge in [0.1, 0.15) is 5.03 Å². The molecule has 0 saturated carbocycles. The molecule has 0 aliphatic carbocycles. The van der Waals surface area contributed by atoms with Crippen LogP contribution in [-0.2, 0) is 0 Å². The van der Waals surface area contributed by atoms with Crippen LogP contribution in [0.3, 0.4) is 0 Å². The molecule has 0 spiro atoms. The fourth-order valence-corrected chi connectivity index (χ4v) is 2.74. The molecule has 1 atom stereocenters. The highest BCUT2D eigenvalue weighted by molar-refractivity contribution is 7.98. The number of nitrogens with one attached hydrogen (secondary N) is 1. The maximum Gasteiger partial charge on any atom is 0.254 e. The Morgan fingerprint density at radius 2 is 2.04 bits per heavy atom. The summed E-state index contributed by atoms with van der Waals surface area (Å²) in [6, 6.07) is 8.55. The zero-order chi connectivity index (χ0) is 17.5. The van der Waals surface area contributed by atoms with Crippen LogP contribution in [0.1, 0.15) is 22.0 Å². The number of aromatic nitrogens is 1. The number of aliphatic hydroxyl groups is 1. The number of benzene rings is 1. The molecule has 0 saturated heterocycles. The van der Waals surface area contributed by atoms with Gasteiger partial charge in [0.2, 0.25) is 0 Å². The zero-order valence-electron chi connectivity index (χ0n) is 13.8. The van der Waals surface area contributed by atoms with Crippen molar-refractivity contribution < 1.29 is 19.4 Å². The van der Waals surface area contributed by atoms with Gasteiger partial charge >= 0.3 is 0 Å². The number of hydrogen-bond acceptors (Lipinski definition) is 6. The minimum absolute atomic E-state index is 0.0804. The normalized spacial score (nSPS) is 11.7. The van der Waals surface area contributed by atoms with Gasteiger partial charge in [0.15, 0.2) is 11.5 Å². The Balaban J connectivity index is 2.05. The summed E-state index contributed by atoms with van der Waals surface area (Å²) >= 11 is 1.40. The second-order valence-corrected chi connectivity index (χ2v) is 5.70. The van der Waals surface area contributed by atoms with Gasteiger partial charge in [0.05, 0.1) is 25.9 Å². The van der Waals surface area contributed by atoms with Crippen LogP contribution in [0.5, 0.6) is 11.5 Å². The summed E-state index contributed by atoms with van der Waals surface area (Å²) in [5.74, 6) is 0.835. The molecule has 2 aromatic rings. The predicted octanol–water partition coefficient (Wildman–Crippen LogP) is 2.28. The van der Waals surface area contributed by atoms with Crippen LogP contribution in [0, 0.1) is 0 Å². The van der Waals surface area contributed by atoms with Crippen LogP contribution in [0.25, 0.3) is 0 Å². The maximum absolute atomic E-state index is 12.3. The van der Waals surface area contributed by atoms with E-state index in [1.54, 1.807) is 43.6 Å². The van der Waals surface area contributed by atoms with Crippen molar-refractivity contribution in [3.8, 4) is 11.5 Å². The first-order chi connectivity index (χ1) is 11.6. The molecule has 0 radical (unpaired) electrons. The van der Waals surface area contributed by atoms with Gasteiger partial charge in [-0.2, -0.15) is 0 Å². The van der Waals surface area contributed by atoms with Crippen molar-refractivity contribution in [1.82, 2.24) is 10.3 Å². The summed E-state index contributed by atoms with van der Waals surface area (Å²) in [6.07, 6.45) is 2.64. The van der Waals surface area contributed by atoms with E-state index in [0.717, 1.165) is 0 Å². The molecule has 128 valence electrons. The van der Waals surface area contributed by atoms with Crippen molar-refractivity contribution in [3.05, 3.63) is 47.7 Å². The molecule has 2 N–H and O–H groups in total. The number of hydrogen-bond donors (Lipinski definition) is 2. The van der Waals surface area contributed by atoms with Crippen LogP contribution in [0.2, 0.25) is 0 Å². The highest BCUT2D eigenvalue weighted by Gasteiger charge is 2.15. The van der Waals surface area contributed by atoms with Gasteiger partial charge in [-0.25, -0.2) is 4.98 Å². The maximum atomic E-state index is 12.3. The Bertz CT molecular complexity index is 709. The van der Waals surface area contributed by atoms with Crippen LogP contribution < -0.4 is 14.8 Å². The third-order valence-corrected chi connectivity index (χ3v) is 4.17. The van der Waals surface area contributed by atoms with Crippen molar-refractivity contribution in [3.63, 3.8) is 0 Å². The van der Waals surface area contributed by atoms with Crippen molar-refractivity contribution in [2.75, 3.05) is 27.0 Å². The minimum atomic E-state index is -0.858. The Morgan fingerprint density at radius 1 is 1.29 bits per heavy atom. The second kappa shape index (κ2) is 8.56. The Morgan fingerprint density at radius 3 is 2.71 bits per heavy atom. The lowest BCUT2D eigenvalue weighted by atomic mass is 10.1. The molecule has 1 amide bonds. The smallest absolute Gasteiger partial charge is 0.254 e. The van der Waals surface area contributed by atoms with Gasteiger partial charge in [-0.15, -0.1) is 11.8 Å². The van der Waals surface area contributed by atoms with E-state index in [0.29, 0.717) is 27.7 Å². The van der Waals surface area contributed by atoms with E-state index < -0.39 is 6.10 Å². The minimum Gasteiger partial charge on any atom is -0.493 e. The van der Waals surface area contributed by atoms with Crippen LogP contribution in [-0.4, -0.2) is 43.0 Å². The molecule has 1 heterocycles. The molecular weight excluding hydrogens is 328 g/mol. The lowest BCUT2D eigenvalue weighted by Gasteiger charge is -2.15. The van der Waals surface area contributed by atoms with Crippen LogP contribution in [0.15, 0.2) is 41.6 Å². The monoisotopic (exact) mass is 348 g/mol. The topological polar surface area (TPSA) is 80.7 Å². The number of thioether (sulfide) groups is 1. The third-order valence-electron chi connectivity index (χ3n) is 3.46. The lowest BCUT2D eigenvalue weighted by molar-refractivity contribution is 0.0912. The Kier molecular flexibility index (Phi) is 6.45. The molecule has 1 aromatic carbocycles. The molecular formula is C17H20N2O4S. The number of aliphatic hydroxyl groups excluding tert-OH is 1. The first-order valence-electron chi connectivity index (χ1n) is 7.28. The van der Waals surface area contributed by atoms with Gasteiger partial charge in [-0.05, 0) is 36.1 Å². The lowest BCUT2D eigenvalue weighted by Crippen LogP contribution is -2.29. The van der Waals surface area contributed by atoms with Gasteiger partial charge in [0.25, 0.3) is 5.91 Å². The standard InChI is InChI=1S/C17H20N2O4S/c1-22-14-7-6-11(9-15(14)23-2)13(20)10-19-16(21)12-5-4-8-18-17(12)24-3/h4-9,13,20H,10H2,1-3H3,(H,19,21). The van der Waals surface area contributed by atoms with E-state index in [-0.39, 0.29) is 12.5 Å². The van der Waals surface area contributed by atoms with Gasteiger partial charge < -0.3 is 19.9 Å². The fraction of sp³-hybridized carbons (Fsp3) is 0.294. The number of amides is 1. The highest BCUT2D eigenvalue weighted by atomic mass is 32.2. The third kappa shape index (κ3) is 4.18. The summed E-state index contributed by atoms with van der Waals surface area (Å²) in [6.45, 7) is 0.0804. The quantitative estimate of drug-likeness (QED) is 0.747. The molecule has 0 aliphatic heterocycles. The molecule has 1 aromatic heterocycles. The number of rotatable bonds is 7. The fourth-order valence-electron chi connectivity index (χ4n) is 2.19. The average Bonchev–Trinajstić information content (AvgIpc) is 2.64. The van der Waals surface area contributed by atoms with Crippen LogP contribution >= 0.6 is 11.8 Å². The molecule has 24 heavy (non-hydrogen) atoms. The van der Waals surface area contributed by atoms with Gasteiger partial charge in [-0.3, -0.25) is 4.79 Å². The van der Waals surface area contributed by atoms with E-state index in [2.05, 4.69) is 10.3 Å². The predicted molar refractivity (Wildman–Crippen MR) is 92.9 cm³/mol. The van der Waals surface area contributed by atoms with Crippen molar-refractivity contribution in [2.45, 2.75) is 11.1 Å². The van der Waals surface area contributed by atoms with E-state index >= 15 is 0 Å². The second-order valence-electron chi connectivity index (χ2n) is 4.90. The Labute approximate surface area is 145 Å². The van der Waals surface area contributed by atoms with Crippen molar-refractivity contribution >= 4 is 17.7 Å². The molecule has 2 rings (SSSR count). The molecule has 6 nitrogen and oxygen atoms in total. The molecule has 0 aliphatic rings. The number of carbonyl (C=O) groups excluding carboxylic acids is 1. The summed E-state index contributed by atoms with van der Waals surface area (Å²) in [5.41, 5.74) is 1.12. The van der Waals surface area contributed by atoms with Gasteiger partial charge in [0, 0.05) is 12.7 Å². The molecule has 1 unspecified atom stereocenters. The first kappa shape index (κ1) is 18.1. The highest BCUT2D eigenvalue weighted by Crippen LogP contribution is 2.29. The van der Waals surface area contributed by atoms with E-state index in [9.17, 15) is 9.90 Å². The molecule has 0 bridgehead atoms. The van der Waals surface area contributed by atoms with E-state index in [4.69, 9.17) is 9.47 Å². The van der Waals surface area contributed by atoms with Gasteiger partial charge in [-0.1, -0.05) is 6.07 Å². The zero-order valence-corrected chi connectivity index (χ0v) is 14.6. The van der Waals surface area contributed by atoms with E-state index in [1.807, 2.05) is 6.26 Å². The number of pyridine rings is 1. The summed E-state index contributed by atoms with van der Waals surface area (Å²) < 4.78 is 10.4. The average molecular weight is 348 g/mol.